The molecule has 1 atom stereocenters. The molecule has 0 radical (unpaired) electrons. The zero-order chi connectivity index (χ0) is 13.0. The van der Waals surface area contributed by atoms with E-state index in [1.807, 2.05) is 42.3 Å². The van der Waals surface area contributed by atoms with Crippen molar-refractivity contribution in [1.82, 2.24) is 0 Å². The summed E-state index contributed by atoms with van der Waals surface area (Å²) in [7, 11) is 1.94. The zero-order valence-electron chi connectivity index (χ0n) is 10.2. The lowest BCUT2D eigenvalue weighted by atomic mass is 10.1. The average molecular weight is 241 g/mol. The first-order valence-corrected chi connectivity index (χ1v) is 5.72. The summed E-state index contributed by atoms with van der Waals surface area (Å²) in [4.78, 5) is 2.01. The molecule has 1 heterocycles. The van der Waals surface area contributed by atoms with Crippen molar-refractivity contribution < 1.29 is 4.42 Å². The summed E-state index contributed by atoms with van der Waals surface area (Å²) in [5, 5.41) is 8.91. The standard InChI is InChI=1S/C14H15N3O/c1-17(12-5-2-4-11(8-12)9-15)13(10-16)14-6-3-7-18-14/h2-8,13H,10,16H2,1H3. The fourth-order valence-corrected chi connectivity index (χ4v) is 1.92. The fourth-order valence-electron chi connectivity index (χ4n) is 1.92. The molecule has 0 bridgehead atoms. The first kappa shape index (κ1) is 12.2. The highest BCUT2D eigenvalue weighted by molar-refractivity contribution is 5.52. The van der Waals surface area contributed by atoms with Gasteiger partial charge in [-0.3, -0.25) is 0 Å². The van der Waals surface area contributed by atoms with Crippen LogP contribution in [0.4, 0.5) is 5.69 Å². The Balaban J connectivity index is 2.29. The number of likely N-dealkylation sites (N-methyl/N-ethyl adjacent to an activating group) is 1. The second kappa shape index (κ2) is 5.39. The Morgan fingerprint density at radius 3 is 2.83 bits per heavy atom. The smallest absolute Gasteiger partial charge is 0.127 e. The van der Waals surface area contributed by atoms with Gasteiger partial charge < -0.3 is 15.1 Å². The zero-order valence-corrected chi connectivity index (χ0v) is 10.2. The van der Waals surface area contributed by atoms with Crippen LogP contribution in [0, 0.1) is 11.3 Å². The summed E-state index contributed by atoms with van der Waals surface area (Å²) in [5.74, 6) is 0.822. The minimum absolute atomic E-state index is 0.0334. The quantitative estimate of drug-likeness (QED) is 0.891. The van der Waals surface area contributed by atoms with Crippen molar-refractivity contribution in [3.8, 4) is 6.07 Å². The third-order valence-electron chi connectivity index (χ3n) is 2.94. The average Bonchev–Trinajstić information content (AvgIpc) is 2.93. The van der Waals surface area contributed by atoms with Gasteiger partial charge in [-0.1, -0.05) is 6.07 Å². The van der Waals surface area contributed by atoms with Crippen LogP contribution >= 0.6 is 0 Å². The van der Waals surface area contributed by atoms with Crippen LogP contribution < -0.4 is 10.6 Å². The summed E-state index contributed by atoms with van der Waals surface area (Å²) in [6, 6.07) is 13.3. The van der Waals surface area contributed by atoms with E-state index in [9.17, 15) is 0 Å². The minimum Gasteiger partial charge on any atom is -0.467 e. The number of benzene rings is 1. The predicted molar refractivity (Wildman–Crippen MR) is 70.1 cm³/mol. The molecule has 1 aromatic heterocycles. The topological polar surface area (TPSA) is 66.2 Å². The van der Waals surface area contributed by atoms with Crippen molar-refractivity contribution in [2.24, 2.45) is 5.73 Å². The number of anilines is 1. The van der Waals surface area contributed by atoms with Gasteiger partial charge in [0.05, 0.1) is 23.9 Å². The molecule has 0 aliphatic rings. The van der Waals surface area contributed by atoms with Crippen molar-refractivity contribution in [2.45, 2.75) is 6.04 Å². The monoisotopic (exact) mass is 241 g/mol. The van der Waals surface area contributed by atoms with Crippen molar-refractivity contribution in [1.29, 1.82) is 5.26 Å². The maximum absolute atomic E-state index is 8.91. The molecule has 0 fully saturated rings. The molecule has 0 aliphatic heterocycles. The molecule has 4 nitrogen and oxygen atoms in total. The number of nitrogens with zero attached hydrogens (tertiary/aromatic N) is 2. The molecule has 1 aromatic carbocycles. The molecular weight excluding hydrogens is 226 g/mol. The molecule has 0 spiro atoms. The normalized spacial score (nSPS) is 11.8. The van der Waals surface area contributed by atoms with Gasteiger partial charge in [0, 0.05) is 19.3 Å². The number of nitrogens with two attached hydrogens (primary N) is 1. The maximum Gasteiger partial charge on any atom is 0.127 e. The Morgan fingerprint density at radius 1 is 1.39 bits per heavy atom. The fraction of sp³-hybridized carbons (Fsp3) is 0.214. The van der Waals surface area contributed by atoms with E-state index >= 15 is 0 Å². The molecule has 4 heteroatoms. The van der Waals surface area contributed by atoms with Gasteiger partial charge in [-0.15, -0.1) is 0 Å². The van der Waals surface area contributed by atoms with Gasteiger partial charge in [0.25, 0.3) is 0 Å². The van der Waals surface area contributed by atoms with Crippen LogP contribution in [0.25, 0.3) is 0 Å². The number of hydrogen-bond donors (Lipinski definition) is 1. The summed E-state index contributed by atoms with van der Waals surface area (Å²) >= 11 is 0. The van der Waals surface area contributed by atoms with Crippen LogP contribution in [0.2, 0.25) is 0 Å². The first-order valence-electron chi connectivity index (χ1n) is 5.72. The number of hydrogen-bond acceptors (Lipinski definition) is 4. The lowest BCUT2D eigenvalue weighted by Gasteiger charge is -2.27. The molecule has 0 saturated heterocycles. The van der Waals surface area contributed by atoms with E-state index in [0.29, 0.717) is 12.1 Å². The summed E-state index contributed by atoms with van der Waals surface area (Å²) in [6.07, 6.45) is 1.64. The lowest BCUT2D eigenvalue weighted by molar-refractivity contribution is 0.460. The summed E-state index contributed by atoms with van der Waals surface area (Å²) in [6.45, 7) is 0.445. The van der Waals surface area contributed by atoms with Crippen LogP contribution in [0.1, 0.15) is 17.4 Å². The third kappa shape index (κ3) is 2.36. The highest BCUT2D eigenvalue weighted by Gasteiger charge is 2.18. The number of furan rings is 1. The van der Waals surface area contributed by atoms with Crippen molar-refractivity contribution in [2.75, 3.05) is 18.5 Å². The number of rotatable bonds is 4. The van der Waals surface area contributed by atoms with Crippen molar-refractivity contribution >= 4 is 5.69 Å². The molecule has 0 amide bonds. The maximum atomic E-state index is 8.91. The molecule has 2 N–H and O–H groups in total. The molecule has 0 aliphatic carbocycles. The minimum atomic E-state index is -0.0334. The van der Waals surface area contributed by atoms with Crippen LogP contribution in [-0.4, -0.2) is 13.6 Å². The number of nitriles is 1. The molecule has 0 saturated carbocycles. The molecule has 2 aromatic rings. The Morgan fingerprint density at radius 2 is 2.22 bits per heavy atom. The molecule has 2 rings (SSSR count). The van der Waals surface area contributed by atoms with Crippen LogP contribution in [-0.2, 0) is 0 Å². The summed E-state index contributed by atoms with van der Waals surface area (Å²) < 4.78 is 5.40. The third-order valence-corrected chi connectivity index (χ3v) is 2.94. The van der Waals surface area contributed by atoms with Crippen molar-refractivity contribution in [3.63, 3.8) is 0 Å². The van der Waals surface area contributed by atoms with E-state index in [0.717, 1.165) is 11.4 Å². The van der Waals surface area contributed by atoms with E-state index in [1.54, 1.807) is 12.3 Å². The van der Waals surface area contributed by atoms with Crippen LogP contribution in [0.3, 0.4) is 0 Å². The lowest BCUT2D eigenvalue weighted by Crippen LogP contribution is -2.30. The van der Waals surface area contributed by atoms with Gasteiger partial charge in [0.2, 0.25) is 0 Å². The van der Waals surface area contributed by atoms with Crippen LogP contribution in [0.5, 0.6) is 0 Å². The summed E-state index contributed by atoms with van der Waals surface area (Å²) in [5.41, 5.74) is 7.39. The van der Waals surface area contributed by atoms with E-state index < -0.39 is 0 Å². The van der Waals surface area contributed by atoms with Gasteiger partial charge in [-0.2, -0.15) is 5.26 Å². The highest BCUT2D eigenvalue weighted by atomic mass is 16.3. The second-order valence-corrected chi connectivity index (χ2v) is 4.04. The Hall–Kier alpha value is -2.25. The Bertz CT molecular complexity index is 542. The van der Waals surface area contributed by atoms with Gasteiger partial charge in [-0.05, 0) is 30.3 Å². The molecular formula is C14H15N3O. The van der Waals surface area contributed by atoms with Gasteiger partial charge in [0.15, 0.2) is 0 Å². The van der Waals surface area contributed by atoms with Crippen LogP contribution in [0.15, 0.2) is 47.1 Å². The second-order valence-electron chi connectivity index (χ2n) is 4.04. The Kier molecular flexibility index (Phi) is 3.66. The molecule has 92 valence electrons. The first-order chi connectivity index (χ1) is 8.76. The molecule has 1 unspecified atom stereocenters. The van der Waals surface area contributed by atoms with E-state index in [2.05, 4.69) is 6.07 Å². The van der Waals surface area contributed by atoms with Gasteiger partial charge in [0.1, 0.15) is 5.76 Å². The molecule has 18 heavy (non-hydrogen) atoms. The van der Waals surface area contributed by atoms with Gasteiger partial charge >= 0.3 is 0 Å². The predicted octanol–water partition coefficient (Wildman–Crippen LogP) is 2.29. The van der Waals surface area contributed by atoms with E-state index in [-0.39, 0.29) is 6.04 Å². The van der Waals surface area contributed by atoms with E-state index in [4.69, 9.17) is 15.4 Å². The van der Waals surface area contributed by atoms with E-state index in [1.165, 1.54) is 0 Å². The van der Waals surface area contributed by atoms with Gasteiger partial charge in [-0.25, -0.2) is 0 Å². The largest absolute Gasteiger partial charge is 0.467 e. The Labute approximate surface area is 106 Å². The highest BCUT2D eigenvalue weighted by Crippen LogP contribution is 2.25. The van der Waals surface area contributed by atoms with Crippen molar-refractivity contribution in [3.05, 3.63) is 54.0 Å². The SMILES string of the molecule is CN(c1cccc(C#N)c1)C(CN)c1ccco1.